The summed E-state index contributed by atoms with van der Waals surface area (Å²) in [6.45, 7) is 2.26. The van der Waals surface area contributed by atoms with Crippen molar-refractivity contribution in [1.29, 1.82) is 0 Å². The number of hydrogen-bond acceptors (Lipinski definition) is 4. The molecule has 13 heavy (non-hydrogen) atoms. The van der Waals surface area contributed by atoms with Crippen LogP contribution < -0.4 is 0 Å². The minimum absolute atomic E-state index is 0.835. The van der Waals surface area contributed by atoms with Crippen LogP contribution in [0.5, 0.6) is 0 Å². The highest BCUT2D eigenvalue weighted by Gasteiger charge is 2.07. The lowest BCUT2D eigenvalue weighted by Crippen LogP contribution is -2.08. The van der Waals surface area contributed by atoms with E-state index in [4.69, 9.17) is 0 Å². The van der Waals surface area contributed by atoms with Crippen LogP contribution in [0, 0.1) is 0 Å². The highest BCUT2D eigenvalue weighted by molar-refractivity contribution is 8.03. The van der Waals surface area contributed by atoms with Gasteiger partial charge in [0.15, 0.2) is 0 Å². The molecule has 0 saturated carbocycles. The van der Waals surface area contributed by atoms with Crippen molar-refractivity contribution in [3.63, 3.8) is 0 Å². The molecule has 0 nitrogen and oxygen atoms in total. The topological polar surface area (TPSA) is 0 Å². The second kappa shape index (κ2) is 11.5. The number of hydrogen-bond donors (Lipinski definition) is 2. The average Bonchev–Trinajstić information content (AvgIpc) is 2.14. The molecule has 0 aromatic rings. The van der Waals surface area contributed by atoms with Gasteiger partial charge in [0.25, 0.3) is 0 Å². The van der Waals surface area contributed by atoms with Crippen molar-refractivity contribution in [1.82, 2.24) is 0 Å². The largest absolute Gasteiger partial charge is 0.179 e. The smallest absolute Gasteiger partial charge is 0.0138 e. The Kier molecular flexibility index (Phi) is 12.7. The molecule has 4 heteroatoms. The first kappa shape index (κ1) is 14.4. The molecule has 0 aliphatic rings. The second-order valence-electron chi connectivity index (χ2n) is 2.80. The monoisotopic (exact) mass is 256 g/mol. The normalized spacial score (nSPS) is 13.2. The maximum atomic E-state index is 4.23. The highest BCUT2D eigenvalue weighted by Crippen LogP contribution is 2.21. The van der Waals surface area contributed by atoms with E-state index in [1.807, 2.05) is 11.8 Å². The predicted octanol–water partition coefficient (Wildman–Crippen LogP) is 3.48. The van der Waals surface area contributed by atoms with Crippen LogP contribution in [0.15, 0.2) is 0 Å². The molecule has 0 aromatic heterocycles. The fourth-order valence-corrected chi connectivity index (χ4v) is 3.98. The maximum Gasteiger partial charge on any atom is 0.0138 e. The zero-order chi connectivity index (χ0) is 9.94. The molecule has 0 fully saturated rings. The van der Waals surface area contributed by atoms with E-state index in [-0.39, 0.29) is 0 Å². The Hall–Kier alpha value is 1.40. The van der Waals surface area contributed by atoms with E-state index in [2.05, 4.69) is 43.9 Å². The minimum atomic E-state index is 0.835. The van der Waals surface area contributed by atoms with Gasteiger partial charge in [0.2, 0.25) is 0 Å². The van der Waals surface area contributed by atoms with E-state index in [0.717, 1.165) is 16.8 Å². The van der Waals surface area contributed by atoms with Crippen molar-refractivity contribution in [2.45, 2.75) is 25.0 Å². The van der Waals surface area contributed by atoms with Crippen LogP contribution >= 0.6 is 48.8 Å². The van der Waals surface area contributed by atoms with Crippen LogP contribution in [0.25, 0.3) is 0 Å². The van der Waals surface area contributed by atoms with Gasteiger partial charge in [-0.1, -0.05) is 13.3 Å². The zero-order valence-electron chi connectivity index (χ0n) is 8.24. The number of rotatable bonds is 9. The average molecular weight is 257 g/mol. The van der Waals surface area contributed by atoms with Crippen LogP contribution in [0.4, 0.5) is 0 Å². The summed E-state index contributed by atoms with van der Waals surface area (Å²) in [5, 5.41) is 0.835. The Morgan fingerprint density at radius 2 is 1.85 bits per heavy atom. The molecule has 1 unspecified atom stereocenters. The Labute approximate surface area is 102 Å². The summed E-state index contributed by atoms with van der Waals surface area (Å²) in [5.41, 5.74) is 0. The van der Waals surface area contributed by atoms with Gasteiger partial charge in [0.05, 0.1) is 0 Å². The second-order valence-corrected chi connectivity index (χ2v) is 6.26. The molecule has 0 aromatic carbocycles. The molecule has 0 saturated heterocycles. The van der Waals surface area contributed by atoms with Gasteiger partial charge in [-0.05, 0) is 17.9 Å². The van der Waals surface area contributed by atoms with Gasteiger partial charge in [-0.2, -0.15) is 48.8 Å². The van der Waals surface area contributed by atoms with Crippen molar-refractivity contribution >= 4 is 48.8 Å². The summed E-state index contributed by atoms with van der Waals surface area (Å²) < 4.78 is 0. The third-order valence-electron chi connectivity index (χ3n) is 1.59. The van der Waals surface area contributed by atoms with Crippen molar-refractivity contribution < 1.29 is 0 Å². The Morgan fingerprint density at radius 1 is 1.15 bits per heavy atom. The third kappa shape index (κ3) is 9.70. The molecule has 0 aliphatic carbocycles. The summed E-state index contributed by atoms with van der Waals surface area (Å²) in [6.07, 6.45) is 2.64. The number of thioether (sulfide) groups is 2. The van der Waals surface area contributed by atoms with Crippen molar-refractivity contribution in [3.8, 4) is 0 Å². The summed E-state index contributed by atoms with van der Waals surface area (Å²) >= 11 is 12.5. The van der Waals surface area contributed by atoms with Crippen LogP contribution in [-0.4, -0.2) is 34.0 Å². The maximum absolute atomic E-state index is 4.23. The standard InChI is InChI=1S/C9H20S4/c1-2-3-9(13-7-5-11)8-12-6-4-10/h9-11H,2-8H2,1H3. The molecule has 0 aliphatic heterocycles. The van der Waals surface area contributed by atoms with Crippen molar-refractivity contribution in [3.05, 3.63) is 0 Å². The summed E-state index contributed by atoms with van der Waals surface area (Å²) in [7, 11) is 0. The number of thiol groups is 2. The van der Waals surface area contributed by atoms with Gasteiger partial charge < -0.3 is 0 Å². The SMILES string of the molecule is CCCC(CSCCS)SCCS. The molecular weight excluding hydrogens is 236 g/mol. The fraction of sp³-hybridized carbons (Fsp3) is 1.00. The molecule has 0 N–H and O–H groups in total. The van der Waals surface area contributed by atoms with Gasteiger partial charge >= 0.3 is 0 Å². The van der Waals surface area contributed by atoms with E-state index < -0.39 is 0 Å². The summed E-state index contributed by atoms with van der Waals surface area (Å²) in [6, 6.07) is 0. The quantitative estimate of drug-likeness (QED) is 0.479. The third-order valence-corrected chi connectivity index (χ3v) is 5.30. The Bertz CT molecular complexity index is 97.6. The molecule has 0 amide bonds. The molecule has 1 atom stereocenters. The van der Waals surface area contributed by atoms with E-state index in [1.54, 1.807) is 0 Å². The molecule has 0 heterocycles. The first-order valence-corrected chi connectivity index (χ1v) is 8.23. The Morgan fingerprint density at radius 3 is 2.38 bits per heavy atom. The molecule has 0 spiro atoms. The van der Waals surface area contributed by atoms with Gasteiger partial charge in [0.1, 0.15) is 0 Å². The summed E-state index contributed by atoms with van der Waals surface area (Å²) in [5.74, 6) is 5.66. The van der Waals surface area contributed by atoms with E-state index in [9.17, 15) is 0 Å². The highest BCUT2D eigenvalue weighted by atomic mass is 32.2. The van der Waals surface area contributed by atoms with E-state index >= 15 is 0 Å². The Balaban J connectivity index is 3.41. The lowest BCUT2D eigenvalue weighted by Gasteiger charge is -2.14. The lowest BCUT2D eigenvalue weighted by molar-refractivity contribution is 0.794. The van der Waals surface area contributed by atoms with Crippen LogP contribution in [0.2, 0.25) is 0 Å². The van der Waals surface area contributed by atoms with E-state index in [0.29, 0.717) is 0 Å². The molecular formula is C9H20S4. The first-order valence-electron chi connectivity index (χ1n) is 4.76. The van der Waals surface area contributed by atoms with Gasteiger partial charge in [-0.25, -0.2) is 0 Å². The van der Waals surface area contributed by atoms with Crippen molar-refractivity contribution in [2.75, 3.05) is 28.8 Å². The van der Waals surface area contributed by atoms with Crippen LogP contribution in [0.3, 0.4) is 0 Å². The predicted molar refractivity (Wildman–Crippen MR) is 76.2 cm³/mol. The molecule has 0 radical (unpaired) electrons. The molecule has 80 valence electrons. The van der Waals surface area contributed by atoms with Crippen molar-refractivity contribution in [2.24, 2.45) is 0 Å². The molecule has 0 rings (SSSR count). The fourth-order valence-electron chi connectivity index (χ4n) is 1.04. The first-order chi connectivity index (χ1) is 6.35. The minimum Gasteiger partial charge on any atom is -0.179 e. The van der Waals surface area contributed by atoms with Gasteiger partial charge in [-0.15, -0.1) is 0 Å². The van der Waals surface area contributed by atoms with Gasteiger partial charge in [-0.3, -0.25) is 0 Å². The zero-order valence-corrected chi connectivity index (χ0v) is 11.7. The lowest BCUT2D eigenvalue weighted by atomic mass is 10.3. The van der Waals surface area contributed by atoms with E-state index in [1.165, 1.54) is 30.1 Å². The summed E-state index contributed by atoms with van der Waals surface area (Å²) in [4.78, 5) is 0. The van der Waals surface area contributed by atoms with Gasteiger partial charge in [0, 0.05) is 22.5 Å². The molecule has 0 bridgehead atoms. The van der Waals surface area contributed by atoms with Crippen LogP contribution in [-0.2, 0) is 0 Å². The van der Waals surface area contributed by atoms with Crippen LogP contribution in [0.1, 0.15) is 19.8 Å².